The van der Waals surface area contributed by atoms with E-state index in [1.165, 1.54) is 4.57 Å². The monoisotopic (exact) mass is 725 g/mol. The first kappa shape index (κ1) is 34.9. The second kappa shape index (κ2) is 15.4. The fourth-order valence-corrected chi connectivity index (χ4v) is 6.82. The zero-order chi connectivity index (χ0) is 37.0. The van der Waals surface area contributed by atoms with Gasteiger partial charge in [0.1, 0.15) is 19.8 Å². The van der Waals surface area contributed by atoms with E-state index in [1.54, 1.807) is 42.5 Å². The summed E-state index contributed by atoms with van der Waals surface area (Å²) in [5.74, 6) is -1.08. The minimum absolute atomic E-state index is 0.0690. The summed E-state index contributed by atoms with van der Waals surface area (Å²) in [6.45, 7) is 1.85. The van der Waals surface area contributed by atoms with Gasteiger partial charge in [-0.3, -0.25) is 19.0 Å². The largest absolute Gasteiger partial charge is 0.462 e. The summed E-state index contributed by atoms with van der Waals surface area (Å²) in [5.41, 5.74) is 2.04. The van der Waals surface area contributed by atoms with Gasteiger partial charge in [0.05, 0.1) is 67.4 Å². The number of fused-ring (bicyclic) bond motifs is 4. The van der Waals surface area contributed by atoms with E-state index < -0.39 is 5.97 Å². The Labute approximate surface area is 308 Å². The van der Waals surface area contributed by atoms with E-state index >= 15 is 0 Å². The van der Waals surface area contributed by atoms with E-state index in [4.69, 9.17) is 23.7 Å². The number of para-hydroxylation sites is 1. The Hall–Kier alpha value is -6.21. The lowest BCUT2D eigenvalue weighted by Crippen LogP contribution is -2.22. The summed E-state index contributed by atoms with van der Waals surface area (Å²) in [5, 5.41) is 9.74. The molecule has 7 aromatic rings. The van der Waals surface area contributed by atoms with Gasteiger partial charge in [0.25, 0.3) is 5.56 Å². The van der Waals surface area contributed by atoms with E-state index in [9.17, 15) is 19.2 Å². The average molecular weight is 726 g/mol. The molecule has 0 atom stereocenters. The molecular weight excluding hydrogens is 690 g/mol. The van der Waals surface area contributed by atoms with Crippen molar-refractivity contribution >= 4 is 66.6 Å². The number of hydrogen-bond acceptors (Lipinski definition) is 11. The molecular formula is C42H35N3O9. The van der Waals surface area contributed by atoms with Crippen LogP contribution in [-0.2, 0) is 28.5 Å². The minimum atomic E-state index is -0.489. The third kappa shape index (κ3) is 6.85. The molecule has 1 aromatic heterocycles. The van der Waals surface area contributed by atoms with Crippen molar-refractivity contribution in [2.45, 2.75) is 0 Å². The van der Waals surface area contributed by atoms with Crippen LogP contribution >= 0.6 is 0 Å². The highest BCUT2D eigenvalue weighted by molar-refractivity contribution is 6.26. The topological polar surface area (TPSA) is 144 Å². The molecule has 8 rings (SSSR count). The summed E-state index contributed by atoms with van der Waals surface area (Å²) in [6.07, 6.45) is 0. The van der Waals surface area contributed by atoms with Gasteiger partial charge in [-0.15, -0.1) is 0 Å². The van der Waals surface area contributed by atoms with Crippen LogP contribution in [0.15, 0.2) is 102 Å². The van der Waals surface area contributed by atoms with E-state index in [-0.39, 0.29) is 56.1 Å². The van der Waals surface area contributed by atoms with Gasteiger partial charge in [0.15, 0.2) is 5.82 Å². The summed E-state index contributed by atoms with van der Waals surface area (Å²) in [6, 6.07) is 30.0. The first-order valence-electron chi connectivity index (χ1n) is 17.7. The molecule has 272 valence electrons. The Balaban J connectivity index is 0.685. The van der Waals surface area contributed by atoms with Gasteiger partial charge in [0, 0.05) is 5.69 Å². The van der Waals surface area contributed by atoms with Gasteiger partial charge in [-0.05, 0) is 68.7 Å². The van der Waals surface area contributed by atoms with Gasteiger partial charge in [-0.1, -0.05) is 60.7 Å². The van der Waals surface area contributed by atoms with Crippen LogP contribution in [0.2, 0.25) is 0 Å². The van der Waals surface area contributed by atoms with E-state index in [1.807, 2.05) is 30.3 Å². The zero-order valence-corrected chi connectivity index (χ0v) is 29.2. The maximum atomic E-state index is 13.3. The van der Waals surface area contributed by atoms with Crippen molar-refractivity contribution in [2.24, 2.45) is 0 Å². The summed E-state index contributed by atoms with van der Waals surface area (Å²) >= 11 is 0. The minimum Gasteiger partial charge on any atom is -0.462 e. The van der Waals surface area contributed by atoms with Crippen molar-refractivity contribution in [3.8, 4) is 5.69 Å². The second-order valence-corrected chi connectivity index (χ2v) is 12.7. The number of nitrogens with one attached hydrogen (secondary N) is 1. The van der Waals surface area contributed by atoms with E-state index in [0.717, 1.165) is 32.3 Å². The van der Waals surface area contributed by atoms with Gasteiger partial charge < -0.3 is 29.0 Å². The SMILES string of the molecule is O=C(CNc1ccc2nc3n(c(=O)c2c1)-c1ccccc1C3=O)OCCOCCOCCOCCOC(=O)c1ccc2ccc3cccc4ccc1c2c34. The molecule has 2 heterocycles. The summed E-state index contributed by atoms with van der Waals surface area (Å²) in [4.78, 5) is 55.7. The molecule has 1 aliphatic heterocycles. The fraction of sp³-hybridized carbons (Fsp3) is 0.214. The van der Waals surface area contributed by atoms with Crippen LogP contribution in [-0.4, -0.2) is 86.7 Å². The Bertz CT molecular complexity index is 2580. The Kier molecular flexibility index (Phi) is 9.95. The number of aromatic nitrogens is 2. The molecule has 0 spiro atoms. The maximum absolute atomic E-state index is 13.3. The standard InChI is InChI=1S/C42H35N3O9/c46-36(25-43-29-12-15-34-33(24-29)41(48)45-35-7-2-1-6-32(35)39(47)40(45)44-34)53-22-20-51-18-16-50-17-19-52-21-23-54-42(49)31-14-11-28-9-8-26-4-3-5-27-10-13-30(31)38(28)37(26)27/h1-15,24,43H,16-23,25H2. The Morgan fingerprint density at radius 2 is 1.28 bits per heavy atom. The predicted molar refractivity (Wildman–Crippen MR) is 203 cm³/mol. The summed E-state index contributed by atoms with van der Waals surface area (Å²) in [7, 11) is 0. The van der Waals surface area contributed by atoms with E-state index in [2.05, 4.69) is 34.6 Å². The molecule has 1 N–H and O–H groups in total. The van der Waals surface area contributed by atoms with Crippen LogP contribution in [0.25, 0.3) is 48.9 Å². The van der Waals surface area contributed by atoms with Crippen molar-refractivity contribution in [1.29, 1.82) is 0 Å². The number of carbonyl (C=O) groups is 3. The van der Waals surface area contributed by atoms with Crippen molar-refractivity contribution < 1.29 is 38.1 Å². The number of rotatable bonds is 16. The molecule has 0 saturated carbocycles. The van der Waals surface area contributed by atoms with Crippen LogP contribution in [0.5, 0.6) is 0 Å². The van der Waals surface area contributed by atoms with Crippen molar-refractivity contribution in [1.82, 2.24) is 9.55 Å². The number of ketones is 1. The van der Waals surface area contributed by atoms with Crippen molar-refractivity contribution in [3.05, 3.63) is 124 Å². The molecule has 6 aromatic carbocycles. The number of esters is 2. The third-order valence-corrected chi connectivity index (χ3v) is 9.34. The lowest BCUT2D eigenvalue weighted by atomic mass is 9.92. The Morgan fingerprint density at radius 3 is 2.04 bits per heavy atom. The second-order valence-electron chi connectivity index (χ2n) is 12.7. The highest BCUT2D eigenvalue weighted by atomic mass is 16.6. The number of ether oxygens (including phenoxy) is 5. The van der Waals surface area contributed by atoms with Gasteiger partial charge in [0.2, 0.25) is 5.78 Å². The quantitative estimate of drug-likeness (QED) is 0.0746. The normalized spacial score (nSPS) is 12.1. The average Bonchev–Trinajstić information content (AvgIpc) is 3.49. The maximum Gasteiger partial charge on any atom is 0.338 e. The van der Waals surface area contributed by atoms with Gasteiger partial charge in [-0.2, -0.15) is 0 Å². The molecule has 0 amide bonds. The number of nitrogens with zero attached hydrogens (tertiary/aromatic N) is 2. The van der Waals surface area contributed by atoms with Crippen LogP contribution in [0, 0.1) is 0 Å². The van der Waals surface area contributed by atoms with Crippen LogP contribution in [0.4, 0.5) is 5.69 Å². The summed E-state index contributed by atoms with van der Waals surface area (Å²) < 4.78 is 28.6. The molecule has 0 aliphatic carbocycles. The first-order valence-corrected chi connectivity index (χ1v) is 17.7. The molecule has 0 bridgehead atoms. The van der Waals surface area contributed by atoms with Gasteiger partial charge >= 0.3 is 11.9 Å². The highest BCUT2D eigenvalue weighted by Crippen LogP contribution is 2.36. The highest BCUT2D eigenvalue weighted by Gasteiger charge is 2.30. The molecule has 0 fully saturated rings. The molecule has 12 nitrogen and oxygen atoms in total. The zero-order valence-electron chi connectivity index (χ0n) is 29.2. The fourth-order valence-electron chi connectivity index (χ4n) is 6.82. The first-order chi connectivity index (χ1) is 26.5. The lowest BCUT2D eigenvalue weighted by molar-refractivity contribution is -0.143. The van der Waals surface area contributed by atoms with Crippen LogP contribution in [0.1, 0.15) is 26.5 Å². The molecule has 54 heavy (non-hydrogen) atoms. The van der Waals surface area contributed by atoms with Crippen molar-refractivity contribution in [2.75, 3.05) is 64.7 Å². The van der Waals surface area contributed by atoms with Crippen molar-refractivity contribution in [3.63, 3.8) is 0 Å². The van der Waals surface area contributed by atoms with E-state index in [0.29, 0.717) is 59.8 Å². The number of benzene rings is 6. The molecule has 1 aliphatic rings. The van der Waals surface area contributed by atoms with Gasteiger partial charge in [-0.25, -0.2) is 9.78 Å². The molecule has 12 heteroatoms. The third-order valence-electron chi connectivity index (χ3n) is 9.34. The predicted octanol–water partition coefficient (Wildman–Crippen LogP) is 5.69. The lowest BCUT2D eigenvalue weighted by Gasteiger charge is -2.13. The van der Waals surface area contributed by atoms with Crippen LogP contribution in [0.3, 0.4) is 0 Å². The number of anilines is 1. The number of hydrogen-bond donors (Lipinski definition) is 1. The molecule has 0 saturated heterocycles. The molecule has 0 unspecified atom stereocenters. The smallest absolute Gasteiger partial charge is 0.338 e. The Morgan fingerprint density at radius 1 is 0.630 bits per heavy atom. The van der Waals surface area contributed by atoms with Crippen LogP contribution < -0.4 is 10.9 Å². The number of carbonyl (C=O) groups excluding carboxylic acids is 3. The molecule has 0 radical (unpaired) electrons.